The topological polar surface area (TPSA) is 63.3 Å². The molecule has 0 aliphatic heterocycles. The number of nitrogens with two attached hydrogens (primary N) is 1. The molecule has 0 rings (SSSR count). The Morgan fingerprint density at radius 1 is 1.14 bits per heavy atom. The molecule has 84 valence electrons. The number of hydrogen-bond donors (Lipinski definition) is 2. The van der Waals surface area contributed by atoms with E-state index in [1.165, 1.54) is 12.8 Å². The minimum absolute atomic E-state index is 0.578. The predicted octanol–water partition coefficient (Wildman–Crippen LogP) is 2.54. The minimum atomic E-state index is -0.984. The molecule has 0 spiro atoms. The van der Waals surface area contributed by atoms with Crippen molar-refractivity contribution < 1.29 is 9.90 Å². The van der Waals surface area contributed by atoms with Gasteiger partial charge in [-0.15, -0.1) is 0 Å². The number of unbranched alkanes of at least 4 members (excludes halogenated alkanes) is 3. The average molecular weight is 201 g/mol. The second-order valence-electron chi connectivity index (χ2n) is 4.02. The minimum Gasteiger partial charge on any atom is -0.480 e. The highest BCUT2D eigenvalue weighted by molar-refractivity contribution is 5.78. The molecule has 3 N–H and O–H groups in total. The van der Waals surface area contributed by atoms with Crippen LogP contribution in [-0.2, 0) is 4.79 Å². The summed E-state index contributed by atoms with van der Waals surface area (Å²) in [5.41, 5.74) is 4.85. The van der Waals surface area contributed by atoms with Crippen LogP contribution in [0.3, 0.4) is 0 Å². The second kappa shape index (κ2) is 6.82. The van der Waals surface area contributed by atoms with E-state index in [-0.39, 0.29) is 0 Å². The lowest BCUT2D eigenvalue weighted by Gasteiger charge is -2.23. The lowest BCUT2D eigenvalue weighted by Crippen LogP contribution is -2.47. The van der Waals surface area contributed by atoms with Crippen molar-refractivity contribution >= 4 is 5.97 Å². The van der Waals surface area contributed by atoms with Gasteiger partial charge in [-0.1, -0.05) is 46.0 Å². The smallest absolute Gasteiger partial charge is 0.323 e. The van der Waals surface area contributed by atoms with Gasteiger partial charge in [-0.2, -0.15) is 0 Å². The van der Waals surface area contributed by atoms with Gasteiger partial charge < -0.3 is 10.8 Å². The van der Waals surface area contributed by atoms with Crippen LogP contribution in [0.25, 0.3) is 0 Å². The van der Waals surface area contributed by atoms with Gasteiger partial charge in [0.25, 0.3) is 0 Å². The van der Waals surface area contributed by atoms with Gasteiger partial charge in [0.1, 0.15) is 5.54 Å². The molecule has 0 radical (unpaired) electrons. The molecule has 0 amide bonds. The fourth-order valence-electron chi connectivity index (χ4n) is 1.65. The van der Waals surface area contributed by atoms with E-state index in [0.717, 1.165) is 19.3 Å². The molecular formula is C11H23NO2. The average Bonchev–Trinajstić information content (AvgIpc) is 2.13. The van der Waals surface area contributed by atoms with E-state index in [2.05, 4.69) is 6.92 Å². The highest BCUT2D eigenvalue weighted by Crippen LogP contribution is 2.18. The molecule has 0 saturated carbocycles. The maximum Gasteiger partial charge on any atom is 0.323 e. The van der Waals surface area contributed by atoms with Gasteiger partial charge in [0.15, 0.2) is 0 Å². The third-order valence-electron chi connectivity index (χ3n) is 2.60. The van der Waals surface area contributed by atoms with Crippen LogP contribution in [0.15, 0.2) is 0 Å². The van der Waals surface area contributed by atoms with Crippen molar-refractivity contribution in [3.05, 3.63) is 0 Å². The maximum atomic E-state index is 10.9. The number of carboxylic acid groups (broad SMARTS) is 1. The summed E-state index contributed by atoms with van der Waals surface area (Å²) in [6.45, 7) is 4.11. The van der Waals surface area contributed by atoms with Crippen LogP contribution in [0, 0.1) is 0 Å². The van der Waals surface area contributed by atoms with E-state index < -0.39 is 11.5 Å². The maximum absolute atomic E-state index is 10.9. The van der Waals surface area contributed by atoms with E-state index in [0.29, 0.717) is 12.8 Å². The van der Waals surface area contributed by atoms with E-state index in [1.807, 2.05) is 6.92 Å². The second-order valence-corrected chi connectivity index (χ2v) is 4.02. The zero-order valence-electron chi connectivity index (χ0n) is 9.38. The Kier molecular flexibility index (Phi) is 6.54. The Hall–Kier alpha value is -0.570. The largest absolute Gasteiger partial charge is 0.480 e. The Morgan fingerprint density at radius 2 is 1.79 bits per heavy atom. The molecule has 0 aromatic heterocycles. The molecule has 0 heterocycles. The number of aliphatic carboxylic acids is 1. The first-order valence-electron chi connectivity index (χ1n) is 5.59. The van der Waals surface area contributed by atoms with Crippen LogP contribution in [0.4, 0.5) is 0 Å². The first-order chi connectivity index (χ1) is 6.56. The third kappa shape index (κ3) is 4.61. The van der Waals surface area contributed by atoms with E-state index >= 15 is 0 Å². The van der Waals surface area contributed by atoms with Gasteiger partial charge in [0, 0.05) is 0 Å². The number of rotatable bonds is 8. The lowest BCUT2D eigenvalue weighted by atomic mass is 9.89. The Labute approximate surface area is 86.7 Å². The van der Waals surface area contributed by atoms with Gasteiger partial charge in [-0.05, 0) is 12.8 Å². The first kappa shape index (κ1) is 13.4. The van der Waals surface area contributed by atoms with Crippen LogP contribution >= 0.6 is 0 Å². The molecule has 1 atom stereocenters. The molecule has 3 nitrogen and oxygen atoms in total. The molecule has 0 unspecified atom stereocenters. The molecule has 14 heavy (non-hydrogen) atoms. The highest BCUT2D eigenvalue weighted by atomic mass is 16.4. The van der Waals surface area contributed by atoms with Crippen molar-refractivity contribution in [2.45, 2.75) is 64.3 Å². The summed E-state index contributed by atoms with van der Waals surface area (Å²) in [6.07, 6.45) is 6.37. The van der Waals surface area contributed by atoms with E-state index in [9.17, 15) is 4.79 Å². The zero-order valence-corrected chi connectivity index (χ0v) is 9.38. The Morgan fingerprint density at radius 3 is 2.21 bits per heavy atom. The first-order valence-corrected chi connectivity index (χ1v) is 5.59. The predicted molar refractivity (Wildman–Crippen MR) is 58.2 cm³/mol. The van der Waals surface area contributed by atoms with E-state index in [4.69, 9.17) is 10.8 Å². The summed E-state index contributed by atoms with van der Waals surface area (Å²) in [7, 11) is 0. The quantitative estimate of drug-likeness (QED) is 0.593. The zero-order chi connectivity index (χ0) is 11.0. The van der Waals surface area contributed by atoms with Crippen LogP contribution in [0.1, 0.15) is 58.8 Å². The molecule has 0 aromatic carbocycles. The molecule has 0 aliphatic rings. The van der Waals surface area contributed by atoms with E-state index in [1.54, 1.807) is 0 Å². The number of carbonyl (C=O) groups is 1. The summed E-state index contributed by atoms with van der Waals surface area (Å²) < 4.78 is 0. The fraction of sp³-hybridized carbons (Fsp3) is 0.909. The molecular weight excluding hydrogens is 178 g/mol. The number of carboxylic acids is 1. The summed E-state index contributed by atoms with van der Waals surface area (Å²) >= 11 is 0. The molecule has 3 heteroatoms. The van der Waals surface area contributed by atoms with Crippen molar-refractivity contribution in [1.82, 2.24) is 0 Å². The fourth-order valence-corrected chi connectivity index (χ4v) is 1.65. The van der Waals surface area contributed by atoms with Crippen molar-refractivity contribution in [2.24, 2.45) is 5.73 Å². The van der Waals surface area contributed by atoms with Crippen LogP contribution < -0.4 is 5.73 Å². The normalized spacial score (nSPS) is 15.1. The number of hydrogen-bond acceptors (Lipinski definition) is 2. The third-order valence-corrected chi connectivity index (χ3v) is 2.60. The van der Waals surface area contributed by atoms with Crippen LogP contribution in [-0.4, -0.2) is 16.6 Å². The standard InChI is InChI=1S/C11H23NO2/c1-3-5-6-7-9-11(12,8-4-2)10(13)14/h3-9,12H2,1-2H3,(H,13,14)/t11-/m0/s1. The monoisotopic (exact) mass is 201 g/mol. The molecule has 0 aromatic rings. The van der Waals surface area contributed by atoms with Gasteiger partial charge in [0.2, 0.25) is 0 Å². The molecule has 0 fully saturated rings. The van der Waals surface area contributed by atoms with Gasteiger partial charge >= 0.3 is 5.97 Å². The van der Waals surface area contributed by atoms with Crippen molar-refractivity contribution in [3.8, 4) is 0 Å². The Bertz CT molecular complexity index is 171. The Balaban J connectivity index is 3.90. The molecule has 0 saturated heterocycles. The lowest BCUT2D eigenvalue weighted by molar-refractivity contribution is -0.144. The molecule has 0 aliphatic carbocycles. The van der Waals surface area contributed by atoms with Gasteiger partial charge in [-0.25, -0.2) is 0 Å². The summed E-state index contributed by atoms with van der Waals surface area (Å²) in [4.78, 5) is 10.9. The van der Waals surface area contributed by atoms with Gasteiger partial charge in [-0.3, -0.25) is 4.79 Å². The summed E-state index contributed by atoms with van der Waals surface area (Å²) in [5.74, 6) is -0.851. The highest BCUT2D eigenvalue weighted by Gasteiger charge is 2.31. The summed E-state index contributed by atoms with van der Waals surface area (Å²) in [6, 6.07) is 0. The SMILES string of the molecule is CCCCCC[C@@](N)(CCC)C(=O)O. The molecule has 0 bridgehead atoms. The van der Waals surface area contributed by atoms with Crippen LogP contribution in [0.5, 0.6) is 0 Å². The van der Waals surface area contributed by atoms with Crippen molar-refractivity contribution in [3.63, 3.8) is 0 Å². The van der Waals surface area contributed by atoms with Gasteiger partial charge in [0.05, 0.1) is 0 Å². The van der Waals surface area contributed by atoms with Crippen molar-refractivity contribution in [2.75, 3.05) is 0 Å². The van der Waals surface area contributed by atoms with Crippen molar-refractivity contribution in [1.29, 1.82) is 0 Å². The van der Waals surface area contributed by atoms with Crippen LogP contribution in [0.2, 0.25) is 0 Å². The summed E-state index contributed by atoms with van der Waals surface area (Å²) in [5, 5.41) is 9.00.